The Labute approximate surface area is 183 Å². The number of nitrogens with zero attached hydrogens (tertiary/aromatic N) is 3. The van der Waals surface area contributed by atoms with Gasteiger partial charge < -0.3 is 10.1 Å². The molecular formula is C25H28N4O2. The zero-order chi connectivity index (χ0) is 21.6. The molecule has 0 aliphatic carbocycles. The van der Waals surface area contributed by atoms with E-state index in [2.05, 4.69) is 39.4 Å². The molecule has 0 spiro atoms. The fourth-order valence-corrected chi connectivity index (χ4v) is 4.31. The van der Waals surface area contributed by atoms with Crippen molar-refractivity contribution in [2.75, 3.05) is 27.2 Å². The van der Waals surface area contributed by atoms with E-state index in [0.29, 0.717) is 23.9 Å². The van der Waals surface area contributed by atoms with E-state index in [1.165, 1.54) is 5.56 Å². The Bertz CT molecular complexity index is 990. The highest BCUT2D eigenvalue weighted by atomic mass is 16.5. The molecule has 31 heavy (non-hydrogen) atoms. The van der Waals surface area contributed by atoms with Crippen molar-refractivity contribution < 1.29 is 9.53 Å². The molecule has 160 valence electrons. The maximum absolute atomic E-state index is 12.7. The van der Waals surface area contributed by atoms with E-state index < -0.39 is 0 Å². The third kappa shape index (κ3) is 4.91. The number of likely N-dealkylation sites (tertiary alicyclic amines) is 1. The Morgan fingerprint density at radius 2 is 1.81 bits per heavy atom. The average molecular weight is 417 g/mol. The number of carbonyl (C=O) groups is 1. The van der Waals surface area contributed by atoms with E-state index >= 15 is 0 Å². The lowest BCUT2D eigenvalue weighted by Gasteiger charge is -2.39. The molecule has 0 radical (unpaired) electrons. The molecule has 3 aromatic rings. The second-order valence-corrected chi connectivity index (χ2v) is 7.97. The Hall–Kier alpha value is -3.25. The molecule has 1 aromatic heterocycles. The lowest BCUT2D eigenvalue weighted by Crippen LogP contribution is -2.41. The summed E-state index contributed by atoms with van der Waals surface area (Å²) in [4.78, 5) is 23.8. The van der Waals surface area contributed by atoms with E-state index in [1.807, 2.05) is 42.5 Å². The van der Waals surface area contributed by atoms with Crippen LogP contribution in [0.4, 0.5) is 0 Å². The van der Waals surface area contributed by atoms with Gasteiger partial charge in [0.1, 0.15) is 5.75 Å². The normalized spacial score (nSPS) is 19.0. The minimum absolute atomic E-state index is 0.138. The smallest absolute Gasteiger partial charge is 0.254 e. The molecule has 4 rings (SSSR count). The van der Waals surface area contributed by atoms with Crippen molar-refractivity contribution in [1.29, 1.82) is 0 Å². The lowest BCUT2D eigenvalue weighted by atomic mass is 9.85. The quantitative estimate of drug-likeness (QED) is 0.659. The van der Waals surface area contributed by atoms with Crippen LogP contribution in [0.15, 0.2) is 67.0 Å². The first-order valence-corrected chi connectivity index (χ1v) is 10.7. The molecule has 1 aliphatic heterocycles. The van der Waals surface area contributed by atoms with Crippen LogP contribution in [0.2, 0.25) is 0 Å². The Morgan fingerprint density at radius 1 is 1.10 bits per heavy atom. The number of rotatable bonds is 6. The van der Waals surface area contributed by atoms with E-state index in [-0.39, 0.29) is 11.9 Å². The van der Waals surface area contributed by atoms with E-state index in [1.54, 1.807) is 19.5 Å². The highest BCUT2D eigenvalue weighted by molar-refractivity contribution is 5.93. The van der Waals surface area contributed by atoms with E-state index in [4.69, 9.17) is 4.74 Å². The Kier molecular flexibility index (Phi) is 6.57. The predicted octanol–water partition coefficient (Wildman–Crippen LogP) is 3.97. The van der Waals surface area contributed by atoms with Gasteiger partial charge in [-0.25, -0.2) is 9.97 Å². The molecule has 2 atom stereocenters. The summed E-state index contributed by atoms with van der Waals surface area (Å²) in [6, 6.07) is 18.2. The number of ether oxygens (including phenoxy) is 1. The van der Waals surface area contributed by atoms with Gasteiger partial charge >= 0.3 is 0 Å². The standard InChI is InChI=1S/C25H28N4O2/c1-29-14-6-9-20(23(29)18-10-12-22(31-2)13-11-18)15-28-25(30)21-16-26-24(27-17-21)19-7-4-3-5-8-19/h3-5,7-8,10-13,16-17,20,23H,6,9,14-15H2,1-2H3,(H,28,30). The summed E-state index contributed by atoms with van der Waals surface area (Å²) >= 11 is 0. The third-order valence-corrected chi connectivity index (χ3v) is 5.94. The minimum Gasteiger partial charge on any atom is -0.497 e. The van der Waals surface area contributed by atoms with Crippen LogP contribution in [0.5, 0.6) is 5.75 Å². The highest BCUT2D eigenvalue weighted by Crippen LogP contribution is 2.35. The van der Waals surface area contributed by atoms with Gasteiger partial charge in [0.15, 0.2) is 5.82 Å². The van der Waals surface area contributed by atoms with Gasteiger partial charge in [-0.2, -0.15) is 0 Å². The Balaban J connectivity index is 1.42. The summed E-state index contributed by atoms with van der Waals surface area (Å²) in [6.45, 7) is 1.66. The SMILES string of the molecule is COc1ccc(C2C(CNC(=O)c3cnc(-c4ccccc4)nc3)CCCN2C)cc1. The molecule has 2 unspecified atom stereocenters. The molecule has 6 heteroatoms. The van der Waals surface area contributed by atoms with Gasteiger partial charge in [0.2, 0.25) is 0 Å². The molecule has 0 saturated carbocycles. The minimum atomic E-state index is -0.138. The molecule has 6 nitrogen and oxygen atoms in total. The molecule has 1 aliphatic rings. The van der Waals surface area contributed by atoms with E-state index in [9.17, 15) is 4.79 Å². The van der Waals surface area contributed by atoms with Crippen molar-refractivity contribution in [3.63, 3.8) is 0 Å². The summed E-state index contributed by atoms with van der Waals surface area (Å²) in [7, 11) is 3.83. The molecular weight excluding hydrogens is 388 g/mol. The van der Waals surface area contributed by atoms with Crippen LogP contribution < -0.4 is 10.1 Å². The van der Waals surface area contributed by atoms with Crippen molar-refractivity contribution in [2.24, 2.45) is 5.92 Å². The number of aromatic nitrogens is 2. The zero-order valence-corrected chi connectivity index (χ0v) is 18.0. The molecule has 1 saturated heterocycles. The molecule has 2 heterocycles. The van der Waals surface area contributed by atoms with Crippen LogP contribution in [0.25, 0.3) is 11.4 Å². The maximum Gasteiger partial charge on any atom is 0.254 e. The van der Waals surface area contributed by atoms with Gasteiger partial charge in [-0.15, -0.1) is 0 Å². The number of hydrogen-bond donors (Lipinski definition) is 1. The van der Waals surface area contributed by atoms with Crippen molar-refractivity contribution in [2.45, 2.75) is 18.9 Å². The number of piperidine rings is 1. The predicted molar refractivity (Wildman–Crippen MR) is 121 cm³/mol. The van der Waals surface area contributed by atoms with Crippen LogP contribution in [0.3, 0.4) is 0 Å². The number of amides is 1. The van der Waals surface area contributed by atoms with Crippen molar-refractivity contribution in [3.05, 3.63) is 78.1 Å². The van der Waals surface area contributed by atoms with Crippen molar-refractivity contribution in [3.8, 4) is 17.1 Å². The zero-order valence-electron chi connectivity index (χ0n) is 18.0. The first-order valence-electron chi connectivity index (χ1n) is 10.7. The van der Waals surface area contributed by atoms with Gasteiger partial charge in [0.25, 0.3) is 5.91 Å². The van der Waals surface area contributed by atoms with E-state index in [0.717, 1.165) is 30.7 Å². The number of nitrogens with one attached hydrogen (secondary N) is 1. The fraction of sp³-hybridized carbons (Fsp3) is 0.320. The van der Waals surface area contributed by atoms with Crippen molar-refractivity contribution >= 4 is 5.91 Å². The molecule has 2 aromatic carbocycles. The maximum atomic E-state index is 12.7. The summed E-state index contributed by atoms with van der Waals surface area (Å²) in [5.41, 5.74) is 2.66. The van der Waals surface area contributed by atoms with Gasteiger partial charge in [0, 0.05) is 30.5 Å². The number of hydrogen-bond acceptors (Lipinski definition) is 5. The van der Waals surface area contributed by atoms with Gasteiger partial charge in [-0.1, -0.05) is 42.5 Å². The number of benzene rings is 2. The topological polar surface area (TPSA) is 67.3 Å². The highest BCUT2D eigenvalue weighted by Gasteiger charge is 2.30. The number of methoxy groups -OCH3 is 1. The number of carbonyl (C=O) groups excluding carboxylic acids is 1. The molecule has 0 bridgehead atoms. The second kappa shape index (κ2) is 9.71. The second-order valence-electron chi connectivity index (χ2n) is 7.97. The van der Waals surface area contributed by atoms with Crippen LogP contribution >= 0.6 is 0 Å². The lowest BCUT2D eigenvalue weighted by molar-refractivity contribution is 0.0890. The fourth-order valence-electron chi connectivity index (χ4n) is 4.31. The van der Waals surface area contributed by atoms with Gasteiger partial charge in [-0.3, -0.25) is 9.69 Å². The molecule has 1 fully saturated rings. The monoisotopic (exact) mass is 416 g/mol. The third-order valence-electron chi connectivity index (χ3n) is 5.94. The summed E-state index contributed by atoms with van der Waals surface area (Å²) in [5, 5.41) is 3.10. The van der Waals surface area contributed by atoms with Crippen LogP contribution in [-0.4, -0.2) is 48.0 Å². The molecule has 1 amide bonds. The summed E-state index contributed by atoms with van der Waals surface area (Å²) in [6.07, 6.45) is 5.39. The van der Waals surface area contributed by atoms with Crippen LogP contribution in [-0.2, 0) is 0 Å². The largest absolute Gasteiger partial charge is 0.497 e. The van der Waals surface area contributed by atoms with Crippen LogP contribution in [0, 0.1) is 5.92 Å². The molecule has 1 N–H and O–H groups in total. The summed E-state index contributed by atoms with van der Waals surface area (Å²) < 4.78 is 5.29. The Morgan fingerprint density at radius 3 is 2.48 bits per heavy atom. The van der Waals surface area contributed by atoms with Crippen LogP contribution in [0.1, 0.15) is 34.8 Å². The summed E-state index contributed by atoms with van der Waals surface area (Å²) in [5.74, 6) is 1.67. The van der Waals surface area contributed by atoms with Gasteiger partial charge in [-0.05, 0) is 50.0 Å². The van der Waals surface area contributed by atoms with Crippen molar-refractivity contribution in [1.82, 2.24) is 20.2 Å². The van der Waals surface area contributed by atoms with Gasteiger partial charge in [0.05, 0.1) is 12.7 Å². The first-order chi connectivity index (χ1) is 15.2. The first kappa shape index (κ1) is 21.0. The average Bonchev–Trinajstić information content (AvgIpc) is 2.83.